The van der Waals surface area contributed by atoms with E-state index in [0.29, 0.717) is 18.4 Å². The zero-order valence-electron chi connectivity index (χ0n) is 12.8. The first-order valence-corrected chi connectivity index (χ1v) is 8.16. The van der Waals surface area contributed by atoms with Gasteiger partial charge in [0, 0.05) is 23.5 Å². The summed E-state index contributed by atoms with van der Waals surface area (Å²) in [5.41, 5.74) is 2.31. The summed E-state index contributed by atoms with van der Waals surface area (Å²) in [5, 5.41) is 9.59. The molecule has 0 radical (unpaired) electrons. The highest BCUT2D eigenvalue weighted by molar-refractivity contribution is 5.83. The number of ketones is 1. The Bertz CT molecular complexity index is 747. The standard InChI is InChI=1S/C18H19FN2O2/c19-14-3-1-2-13-16-9-20-10-21(16)15(18(13)14)8-17(23)11-4-6-12(22)7-5-11/h1-3,9-12,15,22H,4-8H2/t11?,12?,15-/m0/s1. The van der Waals surface area contributed by atoms with Crippen LogP contribution in [0.3, 0.4) is 0 Å². The van der Waals surface area contributed by atoms with Crippen LogP contribution in [0.5, 0.6) is 0 Å². The van der Waals surface area contributed by atoms with E-state index < -0.39 is 0 Å². The lowest BCUT2D eigenvalue weighted by Crippen LogP contribution is -2.26. The molecule has 120 valence electrons. The Kier molecular flexibility index (Phi) is 3.53. The van der Waals surface area contributed by atoms with Crippen LogP contribution in [0.4, 0.5) is 4.39 Å². The van der Waals surface area contributed by atoms with Crippen molar-refractivity contribution in [3.8, 4) is 11.3 Å². The van der Waals surface area contributed by atoms with E-state index in [4.69, 9.17) is 0 Å². The van der Waals surface area contributed by atoms with Crippen molar-refractivity contribution in [2.45, 2.75) is 44.2 Å². The predicted molar refractivity (Wildman–Crippen MR) is 83.3 cm³/mol. The molecule has 2 aliphatic rings. The van der Waals surface area contributed by atoms with Gasteiger partial charge in [0.2, 0.25) is 0 Å². The van der Waals surface area contributed by atoms with Gasteiger partial charge in [-0.25, -0.2) is 9.37 Å². The Morgan fingerprint density at radius 3 is 2.87 bits per heavy atom. The van der Waals surface area contributed by atoms with E-state index in [2.05, 4.69) is 4.98 Å². The van der Waals surface area contributed by atoms with Gasteiger partial charge in [-0.1, -0.05) is 12.1 Å². The van der Waals surface area contributed by atoms with E-state index in [1.165, 1.54) is 6.07 Å². The molecule has 1 fully saturated rings. The summed E-state index contributed by atoms with van der Waals surface area (Å²) in [7, 11) is 0. The number of carbonyl (C=O) groups excluding carboxylic acids is 1. The first-order valence-electron chi connectivity index (χ1n) is 8.16. The van der Waals surface area contributed by atoms with E-state index >= 15 is 0 Å². The molecule has 1 aliphatic heterocycles. The second-order valence-corrected chi connectivity index (χ2v) is 6.58. The fraction of sp³-hybridized carbons (Fsp3) is 0.444. The smallest absolute Gasteiger partial charge is 0.138 e. The van der Waals surface area contributed by atoms with Crippen molar-refractivity contribution in [2.24, 2.45) is 5.92 Å². The molecule has 1 aromatic heterocycles. The van der Waals surface area contributed by atoms with E-state index in [9.17, 15) is 14.3 Å². The maximum atomic E-state index is 14.3. The van der Waals surface area contributed by atoms with Crippen molar-refractivity contribution < 1.29 is 14.3 Å². The minimum absolute atomic E-state index is 0.0128. The van der Waals surface area contributed by atoms with Crippen LogP contribution in [0.1, 0.15) is 43.7 Å². The molecular formula is C18H19FN2O2. The van der Waals surface area contributed by atoms with Gasteiger partial charge < -0.3 is 9.67 Å². The Hall–Kier alpha value is -2.01. The van der Waals surface area contributed by atoms with Gasteiger partial charge in [0.05, 0.1) is 30.4 Å². The first kappa shape index (κ1) is 14.6. The van der Waals surface area contributed by atoms with Crippen molar-refractivity contribution in [2.75, 3.05) is 0 Å². The molecule has 2 aromatic rings. The number of rotatable bonds is 3. The number of Topliss-reactive ketones (excluding diaryl/α,β-unsaturated/α-hetero) is 1. The van der Waals surface area contributed by atoms with Crippen LogP contribution in [0.15, 0.2) is 30.7 Å². The molecule has 1 atom stereocenters. The minimum Gasteiger partial charge on any atom is -0.393 e. The summed E-state index contributed by atoms with van der Waals surface area (Å²) in [6.07, 6.45) is 6.24. The Balaban J connectivity index is 1.61. The molecule has 1 N–H and O–H groups in total. The van der Waals surface area contributed by atoms with Crippen LogP contribution < -0.4 is 0 Å². The Morgan fingerprint density at radius 1 is 1.30 bits per heavy atom. The molecule has 4 rings (SSSR count). The molecule has 1 aromatic carbocycles. The fourth-order valence-electron chi connectivity index (χ4n) is 3.96. The molecule has 1 aliphatic carbocycles. The van der Waals surface area contributed by atoms with Crippen molar-refractivity contribution >= 4 is 5.78 Å². The van der Waals surface area contributed by atoms with Gasteiger partial charge in [0.1, 0.15) is 11.6 Å². The molecule has 4 nitrogen and oxygen atoms in total. The van der Waals surface area contributed by atoms with Gasteiger partial charge in [0.15, 0.2) is 0 Å². The third kappa shape index (κ3) is 2.39. The highest BCUT2D eigenvalue weighted by Crippen LogP contribution is 2.43. The zero-order chi connectivity index (χ0) is 16.0. The molecule has 0 unspecified atom stereocenters. The average molecular weight is 314 g/mol. The van der Waals surface area contributed by atoms with E-state index in [0.717, 1.165) is 24.1 Å². The number of aliphatic hydroxyl groups is 1. The number of carbonyl (C=O) groups is 1. The van der Waals surface area contributed by atoms with Gasteiger partial charge in [0.25, 0.3) is 0 Å². The topological polar surface area (TPSA) is 55.1 Å². The number of hydrogen-bond acceptors (Lipinski definition) is 3. The second kappa shape index (κ2) is 5.57. The maximum absolute atomic E-state index is 14.3. The van der Waals surface area contributed by atoms with Crippen LogP contribution in [0.25, 0.3) is 11.3 Å². The number of fused-ring (bicyclic) bond motifs is 3. The lowest BCUT2D eigenvalue weighted by molar-refractivity contribution is -0.124. The molecule has 0 amide bonds. The number of benzene rings is 1. The van der Waals surface area contributed by atoms with Crippen molar-refractivity contribution in [1.29, 1.82) is 0 Å². The van der Waals surface area contributed by atoms with Gasteiger partial charge in [-0.15, -0.1) is 0 Å². The van der Waals surface area contributed by atoms with Crippen LogP contribution in [0, 0.1) is 11.7 Å². The molecular weight excluding hydrogens is 295 g/mol. The Morgan fingerprint density at radius 2 is 2.09 bits per heavy atom. The summed E-state index contributed by atoms with van der Waals surface area (Å²) in [5.74, 6) is -0.109. The minimum atomic E-state index is -0.303. The van der Waals surface area contributed by atoms with Gasteiger partial charge in [-0.2, -0.15) is 0 Å². The monoisotopic (exact) mass is 314 g/mol. The second-order valence-electron chi connectivity index (χ2n) is 6.58. The molecule has 0 spiro atoms. The molecule has 0 bridgehead atoms. The van der Waals surface area contributed by atoms with Crippen molar-refractivity contribution in [3.63, 3.8) is 0 Å². The fourth-order valence-corrected chi connectivity index (χ4v) is 3.96. The van der Waals surface area contributed by atoms with E-state index in [-0.39, 0.29) is 36.1 Å². The van der Waals surface area contributed by atoms with Crippen molar-refractivity contribution in [3.05, 3.63) is 42.1 Å². The lowest BCUT2D eigenvalue weighted by Gasteiger charge is -2.25. The summed E-state index contributed by atoms with van der Waals surface area (Å²) < 4.78 is 16.3. The van der Waals surface area contributed by atoms with Gasteiger partial charge >= 0.3 is 0 Å². The third-order valence-electron chi connectivity index (χ3n) is 5.21. The van der Waals surface area contributed by atoms with Crippen LogP contribution in [-0.4, -0.2) is 26.5 Å². The third-order valence-corrected chi connectivity index (χ3v) is 5.21. The van der Waals surface area contributed by atoms with Gasteiger partial charge in [-0.05, 0) is 31.7 Å². The van der Waals surface area contributed by atoms with Crippen LogP contribution in [-0.2, 0) is 4.79 Å². The number of imidazole rings is 1. The summed E-state index contributed by atoms with van der Waals surface area (Å²) in [6, 6.07) is 4.72. The normalized spacial score (nSPS) is 25.9. The SMILES string of the molecule is O=C(C[C@H]1c2c(F)cccc2-c2cncn21)C1CCC(O)CC1. The van der Waals surface area contributed by atoms with Crippen LogP contribution in [0.2, 0.25) is 0 Å². The Labute approximate surface area is 134 Å². The van der Waals surface area contributed by atoms with Crippen LogP contribution >= 0.6 is 0 Å². The van der Waals surface area contributed by atoms with Crippen molar-refractivity contribution in [1.82, 2.24) is 9.55 Å². The zero-order valence-corrected chi connectivity index (χ0v) is 12.8. The molecule has 2 heterocycles. The largest absolute Gasteiger partial charge is 0.393 e. The highest BCUT2D eigenvalue weighted by Gasteiger charge is 2.35. The van der Waals surface area contributed by atoms with Gasteiger partial charge in [-0.3, -0.25) is 4.79 Å². The molecule has 5 heteroatoms. The number of nitrogens with zero attached hydrogens (tertiary/aromatic N) is 2. The average Bonchev–Trinajstić information content (AvgIpc) is 3.12. The van der Waals surface area contributed by atoms with E-state index in [1.54, 1.807) is 18.6 Å². The lowest BCUT2D eigenvalue weighted by atomic mass is 9.82. The van der Waals surface area contributed by atoms with E-state index in [1.807, 2.05) is 10.6 Å². The predicted octanol–water partition coefficient (Wildman–Crippen LogP) is 3.10. The summed E-state index contributed by atoms with van der Waals surface area (Å²) in [6.45, 7) is 0. The number of aromatic nitrogens is 2. The molecule has 1 saturated carbocycles. The highest BCUT2D eigenvalue weighted by atomic mass is 19.1. The summed E-state index contributed by atoms with van der Waals surface area (Å²) in [4.78, 5) is 16.8. The first-order chi connectivity index (χ1) is 11.1. The number of hydrogen-bond donors (Lipinski definition) is 1. The quantitative estimate of drug-likeness (QED) is 0.947. The molecule has 0 saturated heterocycles. The summed E-state index contributed by atoms with van der Waals surface area (Å²) >= 11 is 0. The number of halogens is 1. The molecule has 23 heavy (non-hydrogen) atoms. The maximum Gasteiger partial charge on any atom is 0.138 e. The number of aliphatic hydroxyl groups excluding tert-OH is 1.